The lowest BCUT2D eigenvalue weighted by atomic mass is 9.99. The maximum absolute atomic E-state index is 13.7. The van der Waals surface area contributed by atoms with Gasteiger partial charge in [0.25, 0.3) is 0 Å². The van der Waals surface area contributed by atoms with E-state index in [9.17, 15) is 19.2 Å². The van der Waals surface area contributed by atoms with Gasteiger partial charge in [0.05, 0.1) is 0 Å². The predicted molar refractivity (Wildman–Crippen MR) is 145 cm³/mol. The van der Waals surface area contributed by atoms with E-state index in [0.29, 0.717) is 27.6 Å². The number of nitrogens with one attached hydrogen (secondary N) is 2. The Morgan fingerprint density at radius 1 is 1.03 bits per heavy atom. The van der Waals surface area contributed by atoms with Crippen molar-refractivity contribution in [2.24, 2.45) is 0 Å². The maximum Gasteiger partial charge on any atom is 0.248 e. The zero-order valence-electron chi connectivity index (χ0n) is 22.0. The highest BCUT2D eigenvalue weighted by atomic mass is 35.5. The van der Waals surface area contributed by atoms with Gasteiger partial charge in [-0.2, -0.15) is 0 Å². The van der Waals surface area contributed by atoms with E-state index in [0.717, 1.165) is 0 Å². The van der Waals surface area contributed by atoms with Crippen molar-refractivity contribution in [3.63, 3.8) is 0 Å². The predicted octanol–water partition coefficient (Wildman–Crippen LogP) is 5.25. The molecular formula is C28H31ClN4O5. The van der Waals surface area contributed by atoms with E-state index in [2.05, 4.69) is 15.8 Å². The first-order chi connectivity index (χ1) is 17.9. The van der Waals surface area contributed by atoms with Crippen LogP contribution in [0.4, 0.5) is 11.5 Å². The second kappa shape index (κ2) is 12.0. The Morgan fingerprint density at radius 2 is 1.68 bits per heavy atom. The number of ketones is 1. The molecule has 0 aliphatic rings. The summed E-state index contributed by atoms with van der Waals surface area (Å²) in [6, 6.07) is 13.6. The Hall–Kier alpha value is -3.98. The first-order valence-electron chi connectivity index (χ1n) is 12.1. The van der Waals surface area contributed by atoms with Gasteiger partial charge < -0.3 is 15.2 Å². The molecule has 0 aliphatic heterocycles. The largest absolute Gasteiger partial charge is 0.360 e. The van der Waals surface area contributed by atoms with Gasteiger partial charge in [0.2, 0.25) is 17.7 Å². The van der Waals surface area contributed by atoms with Crippen LogP contribution in [0.1, 0.15) is 68.3 Å². The molecule has 2 aromatic carbocycles. The zero-order chi connectivity index (χ0) is 28.0. The molecule has 0 radical (unpaired) electrons. The van der Waals surface area contributed by atoms with Crippen LogP contribution in [0.25, 0.3) is 0 Å². The molecule has 3 amide bonds. The summed E-state index contributed by atoms with van der Waals surface area (Å²) in [4.78, 5) is 53.1. The minimum atomic E-state index is -1.14. The minimum absolute atomic E-state index is 0.137. The Kier molecular flexibility index (Phi) is 9.06. The molecule has 3 aromatic rings. The molecule has 0 saturated heterocycles. The Labute approximate surface area is 226 Å². The molecule has 0 fully saturated rings. The summed E-state index contributed by atoms with van der Waals surface area (Å²) in [6.07, 6.45) is -0.371. The summed E-state index contributed by atoms with van der Waals surface area (Å²) in [5, 5.41) is 9.55. The topological polar surface area (TPSA) is 122 Å². The van der Waals surface area contributed by atoms with E-state index in [1.165, 1.54) is 11.8 Å². The molecule has 1 atom stereocenters. The standard InChI is InChI=1S/C28H31ClN4O5/c1-17-16-23(32-38-17)30-24(35)14-15-25(36)33(20-12-10-19(11-13-20)18(2)34)26(27(37)31-28(3,4)5)21-8-6-7-9-22(21)29/h6-13,16,26H,14-15H2,1-5H3,(H,31,37)(H,30,32,35)/t26-/m1/s1. The summed E-state index contributed by atoms with van der Waals surface area (Å²) in [5.41, 5.74) is 0.653. The summed E-state index contributed by atoms with van der Waals surface area (Å²) in [5.74, 6) is -0.730. The number of amides is 3. The van der Waals surface area contributed by atoms with Crippen LogP contribution in [0.3, 0.4) is 0 Å². The van der Waals surface area contributed by atoms with Gasteiger partial charge in [0.1, 0.15) is 11.8 Å². The van der Waals surface area contributed by atoms with Gasteiger partial charge in [-0.1, -0.05) is 35.0 Å². The first-order valence-corrected chi connectivity index (χ1v) is 12.5. The van der Waals surface area contributed by atoms with Gasteiger partial charge in [-0.15, -0.1) is 0 Å². The fourth-order valence-electron chi connectivity index (χ4n) is 3.80. The number of carbonyl (C=O) groups excluding carboxylic acids is 4. The molecule has 1 heterocycles. The second-order valence-electron chi connectivity index (χ2n) is 9.90. The molecule has 0 bridgehead atoms. The molecule has 1 aromatic heterocycles. The third-order valence-electron chi connectivity index (χ3n) is 5.49. The van der Waals surface area contributed by atoms with Crippen molar-refractivity contribution < 1.29 is 23.7 Å². The van der Waals surface area contributed by atoms with E-state index >= 15 is 0 Å². The van der Waals surface area contributed by atoms with Crippen LogP contribution >= 0.6 is 11.6 Å². The quantitative estimate of drug-likeness (QED) is 0.359. The summed E-state index contributed by atoms with van der Waals surface area (Å²) in [7, 11) is 0. The molecule has 2 N–H and O–H groups in total. The average Bonchev–Trinajstić information content (AvgIpc) is 3.24. The van der Waals surface area contributed by atoms with Crippen molar-refractivity contribution in [1.82, 2.24) is 10.5 Å². The van der Waals surface area contributed by atoms with Crippen LogP contribution in [0.5, 0.6) is 0 Å². The number of benzene rings is 2. The highest BCUT2D eigenvalue weighted by Gasteiger charge is 2.35. The normalized spacial score (nSPS) is 11.9. The van der Waals surface area contributed by atoms with Gasteiger partial charge in [0.15, 0.2) is 11.6 Å². The lowest BCUT2D eigenvalue weighted by Gasteiger charge is -2.34. The number of aryl methyl sites for hydroxylation is 1. The van der Waals surface area contributed by atoms with Crippen molar-refractivity contribution in [1.29, 1.82) is 0 Å². The number of hydrogen-bond acceptors (Lipinski definition) is 6. The molecule has 0 unspecified atom stereocenters. The molecule has 0 spiro atoms. The third-order valence-corrected chi connectivity index (χ3v) is 5.83. The van der Waals surface area contributed by atoms with Crippen LogP contribution in [-0.2, 0) is 14.4 Å². The van der Waals surface area contributed by atoms with E-state index in [1.807, 2.05) is 20.8 Å². The number of nitrogens with zero attached hydrogens (tertiary/aromatic N) is 2. The van der Waals surface area contributed by atoms with Gasteiger partial charge in [0, 0.05) is 46.3 Å². The summed E-state index contributed by atoms with van der Waals surface area (Å²) < 4.78 is 4.95. The van der Waals surface area contributed by atoms with Crippen LogP contribution in [0, 0.1) is 6.92 Å². The van der Waals surface area contributed by atoms with Crippen molar-refractivity contribution in [3.05, 3.63) is 76.5 Å². The monoisotopic (exact) mass is 538 g/mol. The zero-order valence-corrected chi connectivity index (χ0v) is 22.8. The highest BCUT2D eigenvalue weighted by molar-refractivity contribution is 6.31. The van der Waals surface area contributed by atoms with E-state index < -0.39 is 29.3 Å². The fourth-order valence-corrected chi connectivity index (χ4v) is 4.04. The van der Waals surface area contributed by atoms with Crippen molar-refractivity contribution >= 4 is 46.6 Å². The second-order valence-corrected chi connectivity index (χ2v) is 10.3. The molecule has 10 heteroatoms. The Morgan fingerprint density at radius 3 is 2.24 bits per heavy atom. The average molecular weight is 539 g/mol. The molecule has 38 heavy (non-hydrogen) atoms. The number of rotatable bonds is 9. The van der Waals surface area contributed by atoms with Crippen LogP contribution < -0.4 is 15.5 Å². The number of aromatic nitrogens is 1. The van der Waals surface area contributed by atoms with Crippen LogP contribution in [0.2, 0.25) is 5.02 Å². The van der Waals surface area contributed by atoms with Gasteiger partial charge in [-0.05, 0) is 65.0 Å². The summed E-state index contributed by atoms with van der Waals surface area (Å²) in [6.45, 7) is 8.63. The van der Waals surface area contributed by atoms with Gasteiger partial charge >= 0.3 is 0 Å². The number of carbonyl (C=O) groups is 4. The van der Waals surface area contributed by atoms with Crippen LogP contribution in [0.15, 0.2) is 59.1 Å². The Balaban J connectivity index is 2.00. The smallest absolute Gasteiger partial charge is 0.248 e. The van der Waals surface area contributed by atoms with Crippen molar-refractivity contribution in [2.45, 2.75) is 59.0 Å². The Bertz CT molecular complexity index is 1330. The fraction of sp³-hybridized carbons (Fsp3) is 0.321. The lowest BCUT2D eigenvalue weighted by Crippen LogP contribution is -2.49. The third kappa shape index (κ3) is 7.52. The van der Waals surface area contributed by atoms with E-state index in [4.69, 9.17) is 16.1 Å². The number of halogens is 1. The van der Waals surface area contributed by atoms with E-state index in [-0.39, 0.29) is 24.4 Å². The molecular weight excluding hydrogens is 508 g/mol. The summed E-state index contributed by atoms with van der Waals surface area (Å²) >= 11 is 6.51. The number of anilines is 2. The first kappa shape index (κ1) is 28.6. The van der Waals surface area contributed by atoms with E-state index in [1.54, 1.807) is 61.5 Å². The lowest BCUT2D eigenvalue weighted by molar-refractivity contribution is -0.128. The minimum Gasteiger partial charge on any atom is -0.360 e. The van der Waals surface area contributed by atoms with Gasteiger partial charge in [-0.25, -0.2) is 0 Å². The number of hydrogen-bond donors (Lipinski definition) is 2. The SMILES string of the molecule is CC(=O)c1ccc(N(C(=O)CCC(=O)Nc2cc(C)on2)[C@@H](C(=O)NC(C)(C)C)c2ccccc2Cl)cc1. The van der Waals surface area contributed by atoms with Crippen molar-refractivity contribution in [2.75, 3.05) is 10.2 Å². The molecule has 0 aliphatic carbocycles. The van der Waals surface area contributed by atoms with Crippen molar-refractivity contribution in [3.8, 4) is 0 Å². The number of Topliss-reactive ketones (excluding diaryl/α,β-unsaturated/α-hetero) is 1. The molecule has 9 nitrogen and oxygen atoms in total. The molecule has 3 rings (SSSR count). The molecule has 200 valence electrons. The van der Waals surface area contributed by atoms with Crippen LogP contribution in [-0.4, -0.2) is 34.2 Å². The van der Waals surface area contributed by atoms with Gasteiger partial charge in [-0.3, -0.25) is 24.1 Å². The molecule has 0 saturated carbocycles. The maximum atomic E-state index is 13.7. The highest BCUT2D eigenvalue weighted by Crippen LogP contribution is 2.33.